The maximum atomic E-state index is 12.3. The van der Waals surface area contributed by atoms with Crippen molar-refractivity contribution in [1.29, 1.82) is 0 Å². The predicted octanol–water partition coefficient (Wildman–Crippen LogP) is 2.38. The molecule has 2 rings (SSSR count). The molecular weight excluding hydrogens is 304 g/mol. The summed E-state index contributed by atoms with van der Waals surface area (Å²) in [7, 11) is 7.60. The van der Waals surface area contributed by atoms with E-state index in [1.807, 2.05) is 18.2 Å². The molecule has 0 spiro atoms. The lowest BCUT2D eigenvalue weighted by Crippen LogP contribution is -2.53. The largest absolute Gasteiger partial charge is 0.493 e. The van der Waals surface area contributed by atoms with Gasteiger partial charge in [0.05, 0.1) is 34.4 Å². The molecule has 5 heteroatoms. The van der Waals surface area contributed by atoms with E-state index in [0.29, 0.717) is 19.1 Å². The molecule has 1 fully saturated rings. The van der Waals surface area contributed by atoms with Crippen molar-refractivity contribution >= 4 is 5.91 Å². The van der Waals surface area contributed by atoms with Crippen molar-refractivity contribution in [2.45, 2.75) is 38.1 Å². The van der Waals surface area contributed by atoms with Crippen molar-refractivity contribution in [3.8, 4) is 11.5 Å². The lowest BCUT2D eigenvalue weighted by atomic mass is 10.1. The van der Waals surface area contributed by atoms with Gasteiger partial charge in [-0.3, -0.25) is 4.79 Å². The highest BCUT2D eigenvalue weighted by atomic mass is 16.5. The van der Waals surface area contributed by atoms with Gasteiger partial charge in [0.15, 0.2) is 18.0 Å². The number of quaternary nitrogens is 1. The van der Waals surface area contributed by atoms with Gasteiger partial charge in [0.1, 0.15) is 0 Å². The molecule has 1 amide bonds. The van der Waals surface area contributed by atoms with Crippen LogP contribution in [-0.2, 0) is 11.2 Å². The molecule has 24 heavy (non-hydrogen) atoms. The highest BCUT2D eigenvalue weighted by Crippen LogP contribution is 2.28. The minimum Gasteiger partial charge on any atom is -0.493 e. The third-order valence-electron chi connectivity index (χ3n) is 5.05. The number of nitrogens with one attached hydrogen (secondary N) is 1. The minimum atomic E-state index is 0.132. The van der Waals surface area contributed by atoms with Crippen LogP contribution < -0.4 is 14.8 Å². The van der Waals surface area contributed by atoms with Gasteiger partial charge in [0.2, 0.25) is 0 Å². The topological polar surface area (TPSA) is 47.6 Å². The Balaban J connectivity index is 1.80. The van der Waals surface area contributed by atoms with Gasteiger partial charge in [-0.05, 0) is 49.8 Å². The number of carbonyl (C=O) groups excluding carboxylic acids is 1. The molecule has 134 valence electrons. The van der Waals surface area contributed by atoms with E-state index >= 15 is 0 Å². The van der Waals surface area contributed by atoms with Crippen molar-refractivity contribution in [3.05, 3.63) is 23.8 Å². The number of hydrogen-bond acceptors (Lipinski definition) is 3. The zero-order valence-corrected chi connectivity index (χ0v) is 15.4. The van der Waals surface area contributed by atoms with Crippen LogP contribution in [0.15, 0.2) is 18.2 Å². The Morgan fingerprint density at radius 2 is 1.83 bits per heavy atom. The van der Waals surface area contributed by atoms with E-state index in [-0.39, 0.29) is 5.91 Å². The summed E-state index contributed by atoms with van der Waals surface area (Å²) in [6.07, 6.45) is 5.86. The Kier molecular flexibility index (Phi) is 6.49. The average Bonchev–Trinajstić information content (AvgIpc) is 3.09. The van der Waals surface area contributed by atoms with E-state index < -0.39 is 0 Å². The van der Waals surface area contributed by atoms with E-state index in [0.717, 1.165) is 28.0 Å². The molecule has 1 N–H and O–H groups in total. The molecule has 0 aromatic heterocycles. The van der Waals surface area contributed by atoms with Gasteiger partial charge in [-0.25, -0.2) is 0 Å². The number of amides is 1. The molecule has 1 aliphatic carbocycles. The molecule has 0 saturated heterocycles. The van der Waals surface area contributed by atoms with Crippen LogP contribution in [0.2, 0.25) is 0 Å². The normalized spacial score (nSPS) is 15.3. The fraction of sp³-hybridized carbons (Fsp3) is 0.632. The van der Waals surface area contributed by atoms with Crippen LogP contribution in [0.1, 0.15) is 31.2 Å². The zero-order chi connectivity index (χ0) is 17.6. The number of nitrogens with zero attached hydrogens (tertiary/aromatic N) is 1. The molecule has 0 unspecified atom stereocenters. The van der Waals surface area contributed by atoms with E-state index in [4.69, 9.17) is 9.47 Å². The zero-order valence-electron chi connectivity index (χ0n) is 15.4. The van der Waals surface area contributed by atoms with Crippen LogP contribution in [0.3, 0.4) is 0 Å². The first kappa shape index (κ1) is 18.6. The number of benzene rings is 1. The van der Waals surface area contributed by atoms with Crippen molar-refractivity contribution in [1.82, 2.24) is 5.32 Å². The molecule has 1 aromatic rings. The molecule has 0 heterocycles. The SMILES string of the molecule is COc1ccc(CCNC(=O)C[N+](C)(C)C2CCCC2)cc1OC. The summed E-state index contributed by atoms with van der Waals surface area (Å²) in [6, 6.07) is 6.49. The van der Waals surface area contributed by atoms with Gasteiger partial charge in [0, 0.05) is 6.54 Å². The molecule has 1 aromatic carbocycles. The minimum absolute atomic E-state index is 0.132. The summed E-state index contributed by atoms with van der Waals surface area (Å²) in [5.41, 5.74) is 1.12. The highest BCUT2D eigenvalue weighted by molar-refractivity contribution is 5.77. The Morgan fingerprint density at radius 1 is 1.17 bits per heavy atom. The summed E-state index contributed by atoms with van der Waals surface area (Å²) in [5.74, 6) is 1.58. The number of carbonyl (C=O) groups is 1. The van der Waals surface area contributed by atoms with Gasteiger partial charge < -0.3 is 19.3 Å². The maximum absolute atomic E-state index is 12.3. The fourth-order valence-corrected chi connectivity index (χ4v) is 3.54. The Bertz CT molecular complexity index is 552. The third-order valence-corrected chi connectivity index (χ3v) is 5.05. The third kappa shape index (κ3) is 4.87. The molecule has 0 radical (unpaired) electrons. The lowest BCUT2D eigenvalue weighted by Gasteiger charge is -2.35. The second kappa shape index (κ2) is 8.38. The van der Waals surface area contributed by atoms with Crippen LogP contribution in [0.25, 0.3) is 0 Å². The average molecular weight is 335 g/mol. The molecule has 5 nitrogen and oxygen atoms in total. The lowest BCUT2D eigenvalue weighted by molar-refractivity contribution is -0.906. The summed E-state index contributed by atoms with van der Waals surface area (Å²) in [5, 5.41) is 3.05. The smallest absolute Gasteiger partial charge is 0.275 e. The number of methoxy groups -OCH3 is 2. The number of rotatable bonds is 8. The van der Waals surface area contributed by atoms with Gasteiger partial charge in [-0.15, -0.1) is 0 Å². The number of hydrogen-bond donors (Lipinski definition) is 1. The summed E-state index contributed by atoms with van der Waals surface area (Å²) < 4.78 is 11.3. The first-order valence-electron chi connectivity index (χ1n) is 8.76. The molecule has 1 aliphatic rings. The van der Waals surface area contributed by atoms with Crippen molar-refractivity contribution in [2.75, 3.05) is 41.4 Å². The van der Waals surface area contributed by atoms with Crippen LogP contribution >= 0.6 is 0 Å². The first-order valence-corrected chi connectivity index (χ1v) is 8.76. The number of likely N-dealkylation sites (N-methyl/N-ethyl adjacent to an activating group) is 1. The van der Waals surface area contributed by atoms with Crippen molar-refractivity contribution in [3.63, 3.8) is 0 Å². The van der Waals surface area contributed by atoms with Crippen LogP contribution in [0.4, 0.5) is 0 Å². The van der Waals surface area contributed by atoms with E-state index in [2.05, 4.69) is 19.4 Å². The Morgan fingerprint density at radius 3 is 2.46 bits per heavy atom. The van der Waals surface area contributed by atoms with E-state index in [1.54, 1.807) is 14.2 Å². The summed E-state index contributed by atoms with van der Waals surface area (Å²) in [6.45, 7) is 1.19. The molecule has 0 aliphatic heterocycles. The van der Waals surface area contributed by atoms with Crippen LogP contribution in [0.5, 0.6) is 11.5 Å². The Labute approximate surface area is 145 Å². The second-order valence-electron chi connectivity index (χ2n) is 7.16. The standard InChI is InChI=1S/C19H30N2O3/c1-21(2,16-7-5-6-8-16)14-19(22)20-12-11-15-9-10-17(23-3)18(13-15)24-4/h9-10,13,16H,5-8,11-12,14H2,1-4H3/p+1. The van der Waals surface area contributed by atoms with Gasteiger partial charge >= 0.3 is 0 Å². The summed E-state index contributed by atoms with van der Waals surface area (Å²) in [4.78, 5) is 12.3. The van der Waals surface area contributed by atoms with Crippen molar-refractivity contribution in [2.24, 2.45) is 0 Å². The fourth-order valence-electron chi connectivity index (χ4n) is 3.54. The van der Waals surface area contributed by atoms with Gasteiger partial charge in [0.25, 0.3) is 5.91 Å². The van der Waals surface area contributed by atoms with E-state index in [9.17, 15) is 4.79 Å². The first-order chi connectivity index (χ1) is 11.5. The van der Waals surface area contributed by atoms with Gasteiger partial charge in [-0.2, -0.15) is 0 Å². The van der Waals surface area contributed by atoms with Gasteiger partial charge in [-0.1, -0.05) is 6.07 Å². The van der Waals surface area contributed by atoms with Crippen LogP contribution in [-0.4, -0.2) is 57.8 Å². The number of ether oxygens (including phenoxy) is 2. The Hall–Kier alpha value is -1.75. The monoisotopic (exact) mass is 335 g/mol. The van der Waals surface area contributed by atoms with E-state index in [1.165, 1.54) is 25.7 Å². The molecule has 0 bridgehead atoms. The summed E-state index contributed by atoms with van der Waals surface area (Å²) >= 11 is 0. The highest BCUT2D eigenvalue weighted by Gasteiger charge is 2.32. The predicted molar refractivity (Wildman–Crippen MR) is 95.5 cm³/mol. The molecule has 1 saturated carbocycles. The van der Waals surface area contributed by atoms with Crippen LogP contribution in [0, 0.1) is 0 Å². The maximum Gasteiger partial charge on any atom is 0.275 e. The quantitative estimate of drug-likeness (QED) is 0.742. The molecular formula is C19H31N2O3+. The molecule has 0 atom stereocenters. The second-order valence-corrected chi connectivity index (χ2v) is 7.16. The van der Waals surface area contributed by atoms with Crippen molar-refractivity contribution < 1.29 is 18.8 Å².